The predicted molar refractivity (Wildman–Crippen MR) is 94.8 cm³/mol. The van der Waals surface area contributed by atoms with Gasteiger partial charge in [-0.15, -0.1) is 0 Å². The number of nitriles is 1. The highest BCUT2D eigenvalue weighted by atomic mass is 35.5. The molecule has 4 nitrogen and oxygen atoms in total. The average Bonchev–Trinajstić information content (AvgIpc) is 2.63. The van der Waals surface area contributed by atoms with Crippen molar-refractivity contribution in [3.8, 4) is 6.07 Å². The van der Waals surface area contributed by atoms with Crippen LogP contribution in [0.15, 0.2) is 54.9 Å². The number of halogens is 2. The molecule has 0 fully saturated rings. The molecule has 3 rings (SSSR count). The van der Waals surface area contributed by atoms with Crippen LogP contribution in [0.4, 0.5) is 10.2 Å². The third kappa shape index (κ3) is 3.76. The van der Waals surface area contributed by atoms with E-state index in [1.54, 1.807) is 25.1 Å². The molecule has 1 atom stereocenters. The van der Waals surface area contributed by atoms with Gasteiger partial charge in [0.15, 0.2) is 5.69 Å². The molecule has 0 saturated carbocycles. The molecule has 0 radical (unpaired) electrons. The summed E-state index contributed by atoms with van der Waals surface area (Å²) in [6, 6.07) is 13.9. The Hall–Kier alpha value is -2.97. The number of aromatic nitrogens is 2. The van der Waals surface area contributed by atoms with E-state index in [0.717, 1.165) is 11.1 Å². The molecule has 0 amide bonds. The van der Waals surface area contributed by atoms with Crippen LogP contribution >= 0.6 is 11.6 Å². The van der Waals surface area contributed by atoms with Gasteiger partial charge in [-0.05, 0) is 35.7 Å². The van der Waals surface area contributed by atoms with Gasteiger partial charge in [-0.25, -0.2) is 14.4 Å². The van der Waals surface area contributed by atoms with Crippen LogP contribution < -0.4 is 5.32 Å². The van der Waals surface area contributed by atoms with Crippen molar-refractivity contribution in [3.05, 3.63) is 88.1 Å². The van der Waals surface area contributed by atoms with Gasteiger partial charge in [0, 0.05) is 5.02 Å². The normalized spacial score (nSPS) is 11.6. The lowest BCUT2D eigenvalue weighted by atomic mass is 9.97. The van der Waals surface area contributed by atoms with Crippen molar-refractivity contribution in [2.24, 2.45) is 0 Å². The summed E-state index contributed by atoms with van der Waals surface area (Å²) in [6.45, 7) is 1.71. The number of nitrogens with one attached hydrogen (secondary N) is 1. The molecule has 1 aromatic heterocycles. The molecule has 1 heterocycles. The molecule has 25 heavy (non-hydrogen) atoms. The lowest BCUT2D eigenvalue weighted by molar-refractivity contribution is 0.617. The Balaban J connectivity index is 2.03. The van der Waals surface area contributed by atoms with E-state index >= 15 is 0 Å². The molecule has 0 spiro atoms. The van der Waals surface area contributed by atoms with Gasteiger partial charge in [-0.1, -0.05) is 41.9 Å². The van der Waals surface area contributed by atoms with Gasteiger partial charge in [0.2, 0.25) is 0 Å². The molecule has 3 aromatic rings. The summed E-state index contributed by atoms with van der Waals surface area (Å²) in [6.07, 6.45) is 2.88. The highest BCUT2D eigenvalue weighted by Gasteiger charge is 2.18. The molecular weight excluding hydrogens is 339 g/mol. The quantitative estimate of drug-likeness (QED) is 0.742. The second-order valence-electron chi connectivity index (χ2n) is 5.51. The zero-order chi connectivity index (χ0) is 17.8. The van der Waals surface area contributed by atoms with Crippen LogP contribution in [0.25, 0.3) is 0 Å². The van der Waals surface area contributed by atoms with Crippen molar-refractivity contribution < 1.29 is 4.39 Å². The minimum atomic E-state index is -0.338. The number of nitrogens with zero attached hydrogens (tertiary/aromatic N) is 3. The highest BCUT2D eigenvalue weighted by molar-refractivity contribution is 6.31. The van der Waals surface area contributed by atoms with Crippen molar-refractivity contribution in [1.29, 1.82) is 5.26 Å². The van der Waals surface area contributed by atoms with E-state index in [9.17, 15) is 4.39 Å². The second kappa shape index (κ2) is 7.29. The van der Waals surface area contributed by atoms with Crippen LogP contribution in [0.1, 0.15) is 28.4 Å². The summed E-state index contributed by atoms with van der Waals surface area (Å²) in [5, 5.41) is 12.7. The van der Waals surface area contributed by atoms with Crippen molar-refractivity contribution in [2.75, 3.05) is 5.32 Å². The molecule has 0 saturated heterocycles. The van der Waals surface area contributed by atoms with E-state index in [-0.39, 0.29) is 17.6 Å². The smallest absolute Gasteiger partial charge is 0.158 e. The molecule has 2 aromatic carbocycles. The number of anilines is 1. The Morgan fingerprint density at radius 2 is 1.96 bits per heavy atom. The molecular formula is C19H14ClFN4. The topological polar surface area (TPSA) is 61.6 Å². The molecule has 0 bridgehead atoms. The number of aryl methyl sites for hydroxylation is 1. The first kappa shape index (κ1) is 16.9. The Morgan fingerprint density at radius 1 is 1.16 bits per heavy atom. The Labute approximate surface area is 149 Å². The summed E-state index contributed by atoms with van der Waals surface area (Å²) >= 11 is 6.36. The van der Waals surface area contributed by atoms with E-state index < -0.39 is 0 Å². The van der Waals surface area contributed by atoms with Crippen LogP contribution in [0.5, 0.6) is 0 Å². The fraction of sp³-hybridized carbons (Fsp3) is 0.105. The summed E-state index contributed by atoms with van der Waals surface area (Å²) in [4.78, 5) is 8.21. The summed E-state index contributed by atoms with van der Waals surface area (Å²) in [7, 11) is 0. The Bertz CT molecular complexity index is 935. The van der Waals surface area contributed by atoms with Crippen molar-refractivity contribution in [1.82, 2.24) is 9.97 Å². The van der Waals surface area contributed by atoms with Gasteiger partial charge in [-0.2, -0.15) is 5.26 Å². The second-order valence-corrected chi connectivity index (χ2v) is 5.91. The minimum absolute atomic E-state index is 0.234. The molecule has 0 aliphatic rings. The van der Waals surface area contributed by atoms with Crippen LogP contribution in [0.2, 0.25) is 5.02 Å². The molecule has 0 aliphatic carbocycles. The first-order chi connectivity index (χ1) is 12.1. The van der Waals surface area contributed by atoms with Crippen LogP contribution in [0.3, 0.4) is 0 Å². The van der Waals surface area contributed by atoms with Crippen LogP contribution in [-0.4, -0.2) is 9.97 Å². The van der Waals surface area contributed by atoms with Gasteiger partial charge in [0.1, 0.15) is 17.7 Å². The number of benzene rings is 2. The van der Waals surface area contributed by atoms with Crippen molar-refractivity contribution in [3.63, 3.8) is 0 Å². The Kier molecular flexibility index (Phi) is 4.92. The SMILES string of the molecule is Cc1cc(C(Nc2cnc(C#N)cn2)c2ccccc2Cl)ccc1F. The first-order valence-electron chi connectivity index (χ1n) is 7.57. The van der Waals surface area contributed by atoms with E-state index in [4.69, 9.17) is 16.9 Å². The predicted octanol–water partition coefficient (Wildman–Crippen LogP) is 4.65. The lowest BCUT2D eigenvalue weighted by Crippen LogP contribution is -2.14. The van der Waals surface area contributed by atoms with Crippen LogP contribution in [0, 0.1) is 24.1 Å². The lowest BCUT2D eigenvalue weighted by Gasteiger charge is -2.22. The maximum absolute atomic E-state index is 13.7. The van der Waals surface area contributed by atoms with E-state index in [0.29, 0.717) is 16.4 Å². The van der Waals surface area contributed by atoms with Crippen LogP contribution in [-0.2, 0) is 0 Å². The summed E-state index contributed by atoms with van der Waals surface area (Å²) in [5.41, 5.74) is 2.46. The van der Waals surface area contributed by atoms with Gasteiger partial charge in [0.05, 0.1) is 18.4 Å². The monoisotopic (exact) mass is 352 g/mol. The van der Waals surface area contributed by atoms with Gasteiger partial charge >= 0.3 is 0 Å². The molecule has 0 aliphatic heterocycles. The summed E-state index contributed by atoms with van der Waals surface area (Å²) in [5.74, 6) is 0.228. The fourth-order valence-corrected chi connectivity index (χ4v) is 2.75. The number of hydrogen-bond acceptors (Lipinski definition) is 4. The standard InChI is InChI=1S/C19H14ClFN4/c1-12-8-13(6-7-17(12)21)19(15-4-2-3-5-16(15)20)25-18-11-23-14(9-22)10-24-18/h2-8,10-11,19H,1H3,(H,24,25). The molecule has 6 heteroatoms. The largest absolute Gasteiger partial charge is 0.358 e. The van der Waals surface area contributed by atoms with Gasteiger partial charge in [-0.3, -0.25) is 0 Å². The first-order valence-corrected chi connectivity index (χ1v) is 7.95. The third-order valence-electron chi connectivity index (χ3n) is 3.79. The third-order valence-corrected chi connectivity index (χ3v) is 4.13. The van der Waals surface area contributed by atoms with E-state index in [2.05, 4.69) is 15.3 Å². The van der Waals surface area contributed by atoms with Gasteiger partial charge in [0.25, 0.3) is 0 Å². The minimum Gasteiger partial charge on any atom is -0.358 e. The Morgan fingerprint density at radius 3 is 2.60 bits per heavy atom. The molecule has 1 N–H and O–H groups in total. The molecule has 124 valence electrons. The maximum Gasteiger partial charge on any atom is 0.158 e. The fourth-order valence-electron chi connectivity index (χ4n) is 2.51. The van der Waals surface area contributed by atoms with Crippen molar-refractivity contribution in [2.45, 2.75) is 13.0 Å². The maximum atomic E-state index is 13.7. The van der Waals surface area contributed by atoms with Gasteiger partial charge < -0.3 is 5.32 Å². The average molecular weight is 353 g/mol. The van der Waals surface area contributed by atoms with Crippen molar-refractivity contribution >= 4 is 17.4 Å². The molecule has 1 unspecified atom stereocenters. The zero-order valence-corrected chi connectivity index (χ0v) is 14.1. The zero-order valence-electron chi connectivity index (χ0n) is 13.4. The van der Waals surface area contributed by atoms with E-state index in [1.165, 1.54) is 18.5 Å². The number of rotatable bonds is 4. The highest BCUT2D eigenvalue weighted by Crippen LogP contribution is 2.31. The number of hydrogen-bond donors (Lipinski definition) is 1. The van der Waals surface area contributed by atoms with E-state index in [1.807, 2.05) is 24.3 Å². The summed E-state index contributed by atoms with van der Waals surface area (Å²) < 4.78 is 13.7.